The maximum absolute atomic E-state index is 11.0. The second-order valence-corrected chi connectivity index (χ2v) is 2.92. The van der Waals surface area contributed by atoms with Gasteiger partial charge in [0.25, 0.3) is 5.91 Å². The molecule has 0 aliphatic rings. The van der Waals surface area contributed by atoms with E-state index >= 15 is 0 Å². The molecule has 0 aromatic carbocycles. The van der Waals surface area contributed by atoms with Gasteiger partial charge in [0, 0.05) is 26.3 Å². The maximum atomic E-state index is 11.0. The molecule has 5 nitrogen and oxygen atoms in total. The van der Waals surface area contributed by atoms with Gasteiger partial charge < -0.3 is 15.2 Å². The molecule has 0 fully saturated rings. The molecule has 0 saturated heterocycles. The molecule has 15 heavy (non-hydrogen) atoms. The highest BCUT2D eigenvalue weighted by molar-refractivity contribution is 5.94. The van der Waals surface area contributed by atoms with E-state index in [0.29, 0.717) is 18.8 Å². The molecule has 0 radical (unpaired) electrons. The van der Waals surface area contributed by atoms with Crippen LogP contribution >= 0.6 is 0 Å². The molecular formula is C10H14N2O3. The summed E-state index contributed by atoms with van der Waals surface area (Å²) in [5, 5.41) is 0. The number of rotatable bonds is 6. The third-order valence-corrected chi connectivity index (χ3v) is 1.77. The van der Waals surface area contributed by atoms with Crippen molar-refractivity contribution in [3.05, 3.63) is 23.9 Å². The Balaban J connectivity index is 2.56. The molecule has 5 heteroatoms. The summed E-state index contributed by atoms with van der Waals surface area (Å²) in [6, 6.07) is 3.23. The van der Waals surface area contributed by atoms with Crippen LogP contribution in [0.3, 0.4) is 0 Å². The van der Waals surface area contributed by atoms with Gasteiger partial charge in [0.1, 0.15) is 5.56 Å². The van der Waals surface area contributed by atoms with E-state index in [1.165, 1.54) is 0 Å². The molecule has 1 heterocycles. The summed E-state index contributed by atoms with van der Waals surface area (Å²) >= 11 is 0. The molecule has 1 amide bonds. The first kappa shape index (κ1) is 11.5. The van der Waals surface area contributed by atoms with E-state index in [2.05, 4.69) is 4.98 Å². The summed E-state index contributed by atoms with van der Waals surface area (Å²) in [6.07, 6.45) is 2.30. The number of methoxy groups -OCH3 is 1. The lowest BCUT2D eigenvalue weighted by Crippen LogP contribution is -2.14. The maximum Gasteiger partial charge on any atom is 0.254 e. The summed E-state index contributed by atoms with van der Waals surface area (Å²) < 4.78 is 10.2. The average Bonchev–Trinajstić information content (AvgIpc) is 2.25. The van der Waals surface area contributed by atoms with Gasteiger partial charge in [-0.05, 0) is 12.1 Å². The van der Waals surface area contributed by atoms with E-state index in [-0.39, 0.29) is 5.88 Å². The Hall–Kier alpha value is -1.62. The summed E-state index contributed by atoms with van der Waals surface area (Å²) in [6.45, 7) is 1.06. The number of nitrogens with two attached hydrogens (primary N) is 1. The van der Waals surface area contributed by atoms with Crippen LogP contribution in [0.15, 0.2) is 18.3 Å². The van der Waals surface area contributed by atoms with Crippen molar-refractivity contribution in [2.45, 2.75) is 6.42 Å². The zero-order valence-corrected chi connectivity index (χ0v) is 8.60. The Morgan fingerprint density at radius 3 is 3.00 bits per heavy atom. The second kappa shape index (κ2) is 5.98. The first-order valence-corrected chi connectivity index (χ1v) is 4.62. The number of nitrogens with zero attached hydrogens (tertiary/aromatic N) is 1. The molecule has 0 aliphatic heterocycles. The molecule has 1 aromatic heterocycles. The molecule has 0 atom stereocenters. The van der Waals surface area contributed by atoms with Crippen molar-refractivity contribution < 1.29 is 14.3 Å². The molecular weight excluding hydrogens is 196 g/mol. The average molecular weight is 210 g/mol. The number of carbonyl (C=O) groups excluding carboxylic acids is 1. The SMILES string of the molecule is COCCCOc1ncccc1C(N)=O. The van der Waals surface area contributed by atoms with Crippen LogP contribution in [0.5, 0.6) is 5.88 Å². The monoisotopic (exact) mass is 210 g/mol. The van der Waals surface area contributed by atoms with Gasteiger partial charge in [-0.15, -0.1) is 0 Å². The zero-order valence-electron chi connectivity index (χ0n) is 8.60. The fourth-order valence-corrected chi connectivity index (χ4v) is 1.07. The summed E-state index contributed by atoms with van der Waals surface area (Å²) in [5.41, 5.74) is 5.46. The largest absolute Gasteiger partial charge is 0.477 e. The molecule has 0 saturated carbocycles. The Bertz CT molecular complexity index is 328. The van der Waals surface area contributed by atoms with Gasteiger partial charge in [-0.2, -0.15) is 0 Å². The number of aromatic nitrogens is 1. The summed E-state index contributed by atoms with van der Waals surface area (Å²) in [5.74, 6) is -0.258. The highest BCUT2D eigenvalue weighted by Crippen LogP contribution is 2.13. The van der Waals surface area contributed by atoms with Crippen LogP contribution in [-0.2, 0) is 4.74 Å². The van der Waals surface area contributed by atoms with Gasteiger partial charge in [0.15, 0.2) is 0 Å². The topological polar surface area (TPSA) is 74.4 Å². The van der Waals surface area contributed by atoms with Crippen LogP contribution in [0, 0.1) is 0 Å². The highest BCUT2D eigenvalue weighted by atomic mass is 16.5. The van der Waals surface area contributed by atoms with Crippen molar-refractivity contribution in [3.8, 4) is 5.88 Å². The fourth-order valence-electron chi connectivity index (χ4n) is 1.07. The lowest BCUT2D eigenvalue weighted by atomic mass is 10.2. The number of primary amides is 1. The molecule has 0 aliphatic carbocycles. The predicted molar refractivity (Wildman–Crippen MR) is 54.7 cm³/mol. The molecule has 0 unspecified atom stereocenters. The Morgan fingerprint density at radius 1 is 1.53 bits per heavy atom. The fraction of sp³-hybridized carbons (Fsp3) is 0.400. The minimum Gasteiger partial charge on any atom is -0.477 e. The molecule has 0 spiro atoms. The van der Waals surface area contributed by atoms with Crippen molar-refractivity contribution >= 4 is 5.91 Å². The van der Waals surface area contributed by atoms with Gasteiger partial charge in [0.2, 0.25) is 5.88 Å². The quantitative estimate of drug-likeness (QED) is 0.697. The van der Waals surface area contributed by atoms with Gasteiger partial charge >= 0.3 is 0 Å². The van der Waals surface area contributed by atoms with Crippen LogP contribution in [0.25, 0.3) is 0 Å². The van der Waals surface area contributed by atoms with Gasteiger partial charge in [-0.3, -0.25) is 4.79 Å². The molecule has 82 valence electrons. The van der Waals surface area contributed by atoms with Gasteiger partial charge in [0.05, 0.1) is 6.61 Å². The first-order chi connectivity index (χ1) is 7.25. The Labute approximate surface area is 88.2 Å². The number of pyridine rings is 1. The van der Waals surface area contributed by atoms with Crippen molar-refractivity contribution in [1.82, 2.24) is 4.98 Å². The molecule has 2 N–H and O–H groups in total. The Kier molecular flexibility index (Phi) is 4.56. The van der Waals surface area contributed by atoms with Gasteiger partial charge in [-0.1, -0.05) is 0 Å². The minimum absolute atomic E-state index is 0.279. The summed E-state index contributed by atoms with van der Waals surface area (Å²) in [4.78, 5) is 14.9. The normalized spacial score (nSPS) is 9.93. The second-order valence-electron chi connectivity index (χ2n) is 2.92. The smallest absolute Gasteiger partial charge is 0.254 e. The molecule has 1 aromatic rings. The van der Waals surface area contributed by atoms with Crippen LogP contribution in [-0.4, -0.2) is 31.2 Å². The number of hydrogen-bond acceptors (Lipinski definition) is 4. The van der Waals surface area contributed by atoms with Crippen LogP contribution in [0.2, 0.25) is 0 Å². The van der Waals surface area contributed by atoms with E-state index in [9.17, 15) is 4.79 Å². The third kappa shape index (κ3) is 3.55. The summed E-state index contributed by atoms with van der Waals surface area (Å²) in [7, 11) is 1.62. The van der Waals surface area contributed by atoms with Crippen LogP contribution < -0.4 is 10.5 Å². The van der Waals surface area contributed by atoms with Crippen LogP contribution in [0.4, 0.5) is 0 Å². The first-order valence-electron chi connectivity index (χ1n) is 4.62. The van der Waals surface area contributed by atoms with Crippen molar-refractivity contribution in [3.63, 3.8) is 0 Å². The number of ether oxygens (including phenoxy) is 2. The lowest BCUT2D eigenvalue weighted by Gasteiger charge is -2.07. The Morgan fingerprint density at radius 2 is 2.33 bits per heavy atom. The van der Waals surface area contributed by atoms with Crippen molar-refractivity contribution in [2.24, 2.45) is 5.73 Å². The van der Waals surface area contributed by atoms with Crippen molar-refractivity contribution in [2.75, 3.05) is 20.3 Å². The molecule has 0 bridgehead atoms. The van der Waals surface area contributed by atoms with Crippen LogP contribution in [0.1, 0.15) is 16.8 Å². The van der Waals surface area contributed by atoms with Crippen molar-refractivity contribution in [1.29, 1.82) is 0 Å². The third-order valence-electron chi connectivity index (χ3n) is 1.77. The number of amides is 1. The predicted octanol–water partition coefficient (Wildman–Crippen LogP) is 0.596. The van der Waals surface area contributed by atoms with E-state index in [1.54, 1.807) is 25.4 Å². The van der Waals surface area contributed by atoms with Gasteiger partial charge in [-0.25, -0.2) is 4.98 Å². The minimum atomic E-state index is -0.537. The van der Waals surface area contributed by atoms with E-state index in [4.69, 9.17) is 15.2 Å². The zero-order chi connectivity index (χ0) is 11.1. The van der Waals surface area contributed by atoms with E-state index in [0.717, 1.165) is 6.42 Å². The van der Waals surface area contributed by atoms with E-state index in [1.807, 2.05) is 0 Å². The lowest BCUT2D eigenvalue weighted by molar-refractivity contribution is 0.0994. The van der Waals surface area contributed by atoms with E-state index < -0.39 is 5.91 Å². The highest BCUT2D eigenvalue weighted by Gasteiger charge is 2.09. The standard InChI is InChI=1S/C10H14N2O3/c1-14-6-3-7-15-10-8(9(11)13)4-2-5-12-10/h2,4-5H,3,6-7H2,1H3,(H2,11,13). The molecule has 1 rings (SSSR count). The number of carbonyl (C=O) groups is 1. The number of hydrogen-bond donors (Lipinski definition) is 1.